The Labute approximate surface area is 229 Å². The molecule has 0 spiro atoms. The first kappa shape index (κ1) is 27.0. The normalized spacial score (nSPS) is 18.6. The first-order valence-corrected chi connectivity index (χ1v) is 13.9. The molecule has 0 bridgehead atoms. The lowest BCUT2D eigenvalue weighted by Gasteiger charge is -2.20. The molecule has 1 aromatic carbocycles. The molecule has 0 radical (unpaired) electrons. The van der Waals surface area contributed by atoms with Gasteiger partial charge in [0.1, 0.15) is 11.6 Å². The molecular formula is C31H37N5O3. The smallest absolute Gasteiger partial charge is 0.249 e. The van der Waals surface area contributed by atoms with Gasteiger partial charge in [0.2, 0.25) is 5.91 Å². The Kier molecular flexibility index (Phi) is 8.33. The number of nitrogens with one attached hydrogen (secondary N) is 2. The monoisotopic (exact) mass is 527 g/mol. The van der Waals surface area contributed by atoms with Gasteiger partial charge in [-0.2, -0.15) is 5.10 Å². The Balaban J connectivity index is 1.21. The number of aliphatic hydroxyl groups excluding tert-OH is 1. The number of aromatic nitrogens is 3. The summed E-state index contributed by atoms with van der Waals surface area (Å²) in [5, 5.41) is 19.9. The Morgan fingerprint density at radius 2 is 2.00 bits per heavy atom. The van der Waals surface area contributed by atoms with Crippen LogP contribution in [0.3, 0.4) is 0 Å². The molecule has 2 aliphatic rings. The highest BCUT2D eigenvalue weighted by atomic mass is 16.3. The fourth-order valence-electron chi connectivity index (χ4n) is 5.31. The van der Waals surface area contributed by atoms with Crippen LogP contribution in [0.15, 0.2) is 60.8 Å². The summed E-state index contributed by atoms with van der Waals surface area (Å²) in [4.78, 5) is 32.2. The summed E-state index contributed by atoms with van der Waals surface area (Å²) in [5.41, 5.74) is 4.83. The number of carbonyl (C=O) groups is 2. The minimum absolute atomic E-state index is 0.147. The van der Waals surface area contributed by atoms with E-state index in [0.29, 0.717) is 31.2 Å². The zero-order chi connectivity index (χ0) is 27.4. The van der Waals surface area contributed by atoms with Gasteiger partial charge in [-0.05, 0) is 54.5 Å². The summed E-state index contributed by atoms with van der Waals surface area (Å²) in [7, 11) is 0. The summed E-state index contributed by atoms with van der Waals surface area (Å²) in [5.74, 6) is 0.903. The highest BCUT2D eigenvalue weighted by Gasteiger charge is 2.28. The summed E-state index contributed by atoms with van der Waals surface area (Å²) >= 11 is 0. The molecule has 3 heterocycles. The quantitative estimate of drug-likeness (QED) is 0.318. The molecule has 1 aliphatic carbocycles. The SMILES string of the molecule is CC(C)C(C(=O)Cc1cc(C2CC2)[nH]n1)c1cccc(-c2ccc(NC(=O)/C=C/CN3CCC(O)C3)nc2)c1. The van der Waals surface area contributed by atoms with Crippen molar-refractivity contribution in [3.63, 3.8) is 0 Å². The van der Waals surface area contributed by atoms with Crippen LogP contribution in [0.25, 0.3) is 11.1 Å². The highest BCUT2D eigenvalue weighted by molar-refractivity contribution is 5.98. The second-order valence-electron chi connectivity index (χ2n) is 11.1. The van der Waals surface area contributed by atoms with Crippen LogP contribution < -0.4 is 5.32 Å². The molecule has 3 aromatic rings. The predicted octanol–water partition coefficient (Wildman–Crippen LogP) is 4.46. The molecule has 1 aliphatic heterocycles. The number of benzene rings is 1. The summed E-state index contributed by atoms with van der Waals surface area (Å²) in [6, 6.07) is 13.8. The van der Waals surface area contributed by atoms with Crippen molar-refractivity contribution >= 4 is 17.5 Å². The summed E-state index contributed by atoms with van der Waals surface area (Å²) in [6.07, 6.45) is 8.26. The van der Waals surface area contributed by atoms with Gasteiger partial charge in [0, 0.05) is 55.0 Å². The van der Waals surface area contributed by atoms with Crippen molar-refractivity contribution < 1.29 is 14.7 Å². The molecule has 5 rings (SSSR count). The predicted molar refractivity (Wildman–Crippen MR) is 151 cm³/mol. The van der Waals surface area contributed by atoms with Gasteiger partial charge in [0.05, 0.1) is 18.2 Å². The number of hydrogen-bond acceptors (Lipinski definition) is 6. The molecule has 2 fully saturated rings. The third-order valence-corrected chi connectivity index (χ3v) is 7.51. The highest BCUT2D eigenvalue weighted by Crippen LogP contribution is 2.39. The zero-order valence-electron chi connectivity index (χ0n) is 22.6. The number of aliphatic hydroxyl groups is 1. The number of nitrogens with zero attached hydrogens (tertiary/aromatic N) is 3. The fraction of sp³-hybridized carbons (Fsp3) is 0.419. The van der Waals surface area contributed by atoms with Crippen LogP contribution in [-0.2, 0) is 16.0 Å². The molecule has 8 heteroatoms. The second-order valence-corrected chi connectivity index (χ2v) is 11.1. The van der Waals surface area contributed by atoms with Gasteiger partial charge in [-0.15, -0.1) is 0 Å². The number of anilines is 1. The van der Waals surface area contributed by atoms with Crippen LogP contribution in [0.4, 0.5) is 5.82 Å². The number of β-amino-alcohol motifs (C(OH)–C–C–N with tert-alkyl or cyclic N) is 1. The van der Waals surface area contributed by atoms with Crippen molar-refractivity contribution in [2.45, 2.75) is 57.5 Å². The lowest BCUT2D eigenvalue weighted by molar-refractivity contribution is -0.120. The zero-order valence-corrected chi connectivity index (χ0v) is 22.6. The maximum absolute atomic E-state index is 13.4. The van der Waals surface area contributed by atoms with Crippen molar-refractivity contribution in [3.05, 3.63) is 77.8 Å². The molecule has 8 nitrogen and oxygen atoms in total. The van der Waals surface area contributed by atoms with Crippen LogP contribution in [0.2, 0.25) is 0 Å². The largest absolute Gasteiger partial charge is 0.392 e. The van der Waals surface area contributed by atoms with E-state index in [9.17, 15) is 14.7 Å². The Bertz CT molecular complexity index is 1330. The van der Waals surface area contributed by atoms with Gasteiger partial charge in [0.25, 0.3) is 0 Å². The van der Waals surface area contributed by atoms with Crippen molar-refractivity contribution in [2.75, 3.05) is 25.0 Å². The van der Waals surface area contributed by atoms with Gasteiger partial charge in [-0.25, -0.2) is 4.98 Å². The molecular weight excluding hydrogens is 490 g/mol. The molecule has 1 saturated heterocycles. The number of pyridine rings is 1. The molecule has 2 unspecified atom stereocenters. The third-order valence-electron chi connectivity index (χ3n) is 7.51. The van der Waals surface area contributed by atoms with E-state index < -0.39 is 0 Å². The minimum Gasteiger partial charge on any atom is -0.392 e. The Morgan fingerprint density at radius 1 is 1.15 bits per heavy atom. The number of likely N-dealkylation sites (tertiary alicyclic amines) is 1. The van der Waals surface area contributed by atoms with Gasteiger partial charge in [-0.1, -0.05) is 44.2 Å². The van der Waals surface area contributed by atoms with Gasteiger partial charge >= 0.3 is 0 Å². The molecule has 1 saturated carbocycles. The molecule has 1 amide bonds. The van der Waals surface area contributed by atoms with Crippen LogP contribution in [0.5, 0.6) is 0 Å². The number of rotatable bonds is 11. The molecule has 3 N–H and O–H groups in total. The fourth-order valence-corrected chi connectivity index (χ4v) is 5.31. The van der Waals surface area contributed by atoms with Crippen LogP contribution in [0, 0.1) is 5.92 Å². The van der Waals surface area contributed by atoms with Crippen molar-refractivity contribution in [2.24, 2.45) is 5.92 Å². The molecule has 39 heavy (non-hydrogen) atoms. The van der Waals surface area contributed by atoms with E-state index in [-0.39, 0.29) is 29.6 Å². The van der Waals surface area contributed by atoms with Gasteiger partial charge in [0.15, 0.2) is 0 Å². The first-order valence-electron chi connectivity index (χ1n) is 13.9. The van der Waals surface area contributed by atoms with Gasteiger partial charge < -0.3 is 10.4 Å². The standard InChI is InChI=1S/C31H37N5O3/c1-20(2)31(28(38)17-25-16-27(35-34-25)21-8-9-21)23-6-3-5-22(15-23)24-10-11-29(32-18-24)33-30(39)7-4-13-36-14-12-26(37)19-36/h3-7,10-11,15-16,18,20-21,26,31,37H,8-9,12-14,17,19H2,1-2H3,(H,34,35)(H,32,33,39)/b7-4+. The van der Waals surface area contributed by atoms with Crippen molar-refractivity contribution in [1.29, 1.82) is 0 Å². The molecule has 204 valence electrons. The van der Waals surface area contributed by atoms with Crippen LogP contribution in [0.1, 0.15) is 61.9 Å². The van der Waals surface area contributed by atoms with E-state index in [0.717, 1.165) is 41.0 Å². The topological polar surface area (TPSA) is 111 Å². The number of amides is 1. The average Bonchev–Trinajstić information content (AvgIpc) is 3.52. The maximum Gasteiger partial charge on any atom is 0.249 e. The van der Waals surface area contributed by atoms with E-state index in [1.165, 1.54) is 18.9 Å². The Hall–Kier alpha value is -3.62. The lowest BCUT2D eigenvalue weighted by Crippen LogP contribution is -2.22. The number of hydrogen-bond donors (Lipinski definition) is 3. The third kappa shape index (κ3) is 7.07. The van der Waals surface area contributed by atoms with Crippen LogP contribution >= 0.6 is 0 Å². The molecule has 2 aromatic heterocycles. The summed E-state index contributed by atoms with van der Waals surface area (Å²) in [6.45, 7) is 6.29. The minimum atomic E-state index is -0.269. The Morgan fingerprint density at radius 3 is 2.69 bits per heavy atom. The van der Waals surface area contributed by atoms with Crippen LogP contribution in [-0.4, -0.2) is 62.6 Å². The van der Waals surface area contributed by atoms with E-state index in [2.05, 4.69) is 45.3 Å². The average molecular weight is 528 g/mol. The van der Waals surface area contributed by atoms with E-state index in [1.807, 2.05) is 30.3 Å². The number of aromatic amines is 1. The van der Waals surface area contributed by atoms with Gasteiger partial charge in [-0.3, -0.25) is 19.6 Å². The second kappa shape index (κ2) is 12.1. The molecule has 2 atom stereocenters. The van der Waals surface area contributed by atoms with Crippen molar-refractivity contribution in [3.8, 4) is 11.1 Å². The van der Waals surface area contributed by atoms with E-state index in [1.54, 1.807) is 18.3 Å². The van der Waals surface area contributed by atoms with E-state index >= 15 is 0 Å². The lowest BCUT2D eigenvalue weighted by atomic mass is 9.82. The summed E-state index contributed by atoms with van der Waals surface area (Å²) < 4.78 is 0. The first-order chi connectivity index (χ1) is 18.9. The number of carbonyl (C=O) groups excluding carboxylic acids is 2. The number of Topliss-reactive ketones (excluding diaryl/α,β-unsaturated/α-hetero) is 1. The van der Waals surface area contributed by atoms with E-state index in [4.69, 9.17) is 0 Å². The van der Waals surface area contributed by atoms with Crippen molar-refractivity contribution in [1.82, 2.24) is 20.1 Å². The number of H-pyrrole nitrogens is 1. The number of ketones is 1. The maximum atomic E-state index is 13.4.